The zero-order valence-electron chi connectivity index (χ0n) is 9.15. The Labute approximate surface area is 93.9 Å². The molecule has 0 aliphatic carbocycles. The Morgan fingerprint density at radius 3 is 2.56 bits per heavy atom. The molecule has 0 radical (unpaired) electrons. The van der Waals surface area contributed by atoms with Crippen LogP contribution in [0.1, 0.15) is 12.5 Å². The maximum Gasteiger partial charge on any atom is 0.309 e. The van der Waals surface area contributed by atoms with Crippen LogP contribution in [0.15, 0.2) is 24.3 Å². The molecule has 16 heavy (non-hydrogen) atoms. The van der Waals surface area contributed by atoms with Crippen LogP contribution in [0.3, 0.4) is 0 Å². The molecule has 0 amide bonds. The SMILES string of the molecule is CCOCC(Cc1ccc(F)cc1)C(=O)O. The van der Waals surface area contributed by atoms with Gasteiger partial charge in [-0.3, -0.25) is 4.79 Å². The number of rotatable bonds is 6. The molecule has 1 N–H and O–H groups in total. The topological polar surface area (TPSA) is 46.5 Å². The van der Waals surface area contributed by atoms with Gasteiger partial charge in [0.25, 0.3) is 0 Å². The molecule has 88 valence electrons. The Kier molecular flexibility index (Phi) is 4.92. The van der Waals surface area contributed by atoms with Gasteiger partial charge in [-0.1, -0.05) is 12.1 Å². The Morgan fingerprint density at radius 1 is 1.44 bits per heavy atom. The highest BCUT2D eigenvalue weighted by molar-refractivity contribution is 5.70. The van der Waals surface area contributed by atoms with Gasteiger partial charge in [-0.2, -0.15) is 0 Å². The monoisotopic (exact) mass is 226 g/mol. The van der Waals surface area contributed by atoms with Crippen LogP contribution in [-0.2, 0) is 16.0 Å². The van der Waals surface area contributed by atoms with Crippen LogP contribution < -0.4 is 0 Å². The third-order valence-corrected chi connectivity index (χ3v) is 2.27. The number of hydrogen-bond donors (Lipinski definition) is 1. The third kappa shape index (κ3) is 3.98. The molecule has 0 saturated heterocycles. The third-order valence-electron chi connectivity index (χ3n) is 2.27. The van der Waals surface area contributed by atoms with Crippen LogP contribution in [0.4, 0.5) is 4.39 Å². The Morgan fingerprint density at radius 2 is 2.06 bits per heavy atom. The first-order chi connectivity index (χ1) is 7.63. The van der Waals surface area contributed by atoms with Gasteiger partial charge in [-0.25, -0.2) is 4.39 Å². The Hall–Kier alpha value is -1.42. The molecule has 0 bridgehead atoms. The van der Waals surface area contributed by atoms with Gasteiger partial charge in [0.2, 0.25) is 0 Å². The van der Waals surface area contributed by atoms with Crippen molar-refractivity contribution >= 4 is 5.97 Å². The molecule has 3 nitrogen and oxygen atoms in total. The second kappa shape index (κ2) is 6.23. The van der Waals surface area contributed by atoms with E-state index in [-0.39, 0.29) is 12.4 Å². The molecule has 0 heterocycles. The lowest BCUT2D eigenvalue weighted by molar-refractivity contribution is -0.143. The first kappa shape index (κ1) is 12.6. The molecule has 0 aromatic heterocycles. The summed E-state index contributed by atoms with van der Waals surface area (Å²) in [4.78, 5) is 10.9. The van der Waals surface area contributed by atoms with Crippen LogP contribution in [0.2, 0.25) is 0 Å². The molecule has 1 rings (SSSR count). The van der Waals surface area contributed by atoms with Crippen molar-refractivity contribution in [1.82, 2.24) is 0 Å². The van der Waals surface area contributed by atoms with Crippen LogP contribution in [-0.4, -0.2) is 24.3 Å². The van der Waals surface area contributed by atoms with Crippen LogP contribution in [0, 0.1) is 11.7 Å². The summed E-state index contributed by atoms with van der Waals surface area (Å²) in [6.07, 6.45) is 0.357. The molecule has 1 unspecified atom stereocenters. The highest BCUT2D eigenvalue weighted by atomic mass is 19.1. The lowest BCUT2D eigenvalue weighted by atomic mass is 10.0. The van der Waals surface area contributed by atoms with Crippen molar-refractivity contribution in [3.63, 3.8) is 0 Å². The summed E-state index contributed by atoms with van der Waals surface area (Å²) < 4.78 is 17.7. The summed E-state index contributed by atoms with van der Waals surface area (Å²) in [6.45, 7) is 2.49. The average Bonchev–Trinajstić information content (AvgIpc) is 2.26. The van der Waals surface area contributed by atoms with E-state index in [0.29, 0.717) is 13.0 Å². The lowest BCUT2D eigenvalue weighted by Crippen LogP contribution is -2.22. The minimum absolute atomic E-state index is 0.184. The van der Waals surface area contributed by atoms with Gasteiger partial charge in [0.05, 0.1) is 12.5 Å². The van der Waals surface area contributed by atoms with Gasteiger partial charge in [0.1, 0.15) is 5.82 Å². The quantitative estimate of drug-likeness (QED) is 0.808. The van der Waals surface area contributed by atoms with E-state index in [9.17, 15) is 9.18 Å². The van der Waals surface area contributed by atoms with E-state index in [1.54, 1.807) is 12.1 Å². The van der Waals surface area contributed by atoms with Crippen LogP contribution in [0.5, 0.6) is 0 Å². The van der Waals surface area contributed by atoms with Crippen molar-refractivity contribution in [3.8, 4) is 0 Å². The second-order valence-electron chi connectivity index (χ2n) is 3.53. The number of hydrogen-bond acceptors (Lipinski definition) is 2. The molecule has 0 spiro atoms. The molecule has 1 aromatic rings. The van der Waals surface area contributed by atoms with Crippen LogP contribution in [0.25, 0.3) is 0 Å². The van der Waals surface area contributed by atoms with Crippen molar-refractivity contribution in [2.45, 2.75) is 13.3 Å². The number of ether oxygens (including phenoxy) is 1. The van der Waals surface area contributed by atoms with Gasteiger partial charge in [0, 0.05) is 6.61 Å². The van der Waals surface area contributed by atoms with Crippen molar-refractivity contribution in [1.29, 1.82) is 0 Å². The van der Waals surface area contributed by atoms with E-state index >= 15 is 0 Å². The van der Waals surface area contributed by atoms with E-state index in [1.165, 1.54) is 12.1 Å². The molecule has 0 saturated carbocycles. The molecule has 0 fully saturated rings. The predicted octanol–water partition coefficient (Wildman–Crippen LogP) is 2.11. The Bertz CT molecular complexity index is 335. The minimum Gasteiger partial charge on any atom is -0.481 e. The van der Waals surface area contributed by atoms with Crippen molar-refractivity contribution in [3.05, 3.63) is 35.6 Å². The number of aliphatic carboxylic acids is 1. The van der Waals surface area contributed by atoms with Crippen molar-refractivity contribution < 1.29 is 19.0 Å². The van der Waals surface area contributed by atoms with E-state index in [1.807, 2.05) is 6.92 Å². The van der Waals surface area contributed by atoms with Gasteiger partial charge >= 0.3 is 5.97 Å². The summed E-state index contributed by atoms with van der Waals surface area (Å²) in [5.41, 5.74) is 0.800. The highest BCUT2D eigenvalue weighted by Gasteiger charge is 2.17. The predicted molar refractivity (Wildman–Crippen MR) is 57.7 cm³/mol. The smallest absolute Gasteiger partial charge is 0.309 e. The number of carboxylic acid groups (broad SMARTS) is 1. The first-order valence-electron chi connectivity index (χ1n) is 5.18. The molecule has 4 heteroatoms. The molecular formula is C12H15FO3. The molecule has 1 aromatic carbocycles. The molecule has 0 aliphatic rings. The van der Waals surface area contributed by atoms with Gasteiger partial charge in [0.15, 0.2) is 0 Å². The number of carboxylic acids is 1. The van der Waals surface area contributed by atoms with Crippen molar-refractivity contribution in [2.75, 3.05) is 13.2 Å². The van der Waals surface area contributed by atoms with E-state index in [0.717, 1.165) is 5.56 Å². The highest BCUT2D eigenvalue weighted by Crippen LogP contribution is 2.11. The number of halogens is 1. The van der Waals surface area contributed by atoms with Gasteiger partial charge in [-0.15, -0.1) is 0 Å². The van der Waals surface area contributed by atoms with Gasteiger partial charge < -0.3 is 9.84 Å². The zero-order valence-corrected chi connectivity index (χ0v) is 9.15. The molecular weight excluding hydrogens is 211 g/mol. The molecule has 1 atom stereocenters. The minimum atomic E-state index is -0.891. The zero-order chi connectivity index (χ0) is 12.0. The Balaban J connectivity index is 2.60. The molecule has 0 aliphatic heterocycles. The maximum atomic E-state index is 12.6. The lowest BCUT2D eigenvalue weighted by Gasteiger charge is -2.11. The van der Waals surface area contributed by atoms with Gasteiger partial charge in [-0.05, 0) is 31.0 Å². The fourth-order valence-electron chi connectivity index (χ4n) is 1.38. The largest absolute Gasteiger partial charge is 0.481 e. The normalized spacial score (nSPS) is 12.4. The second-order valence-corrected chi connectivity index (χ2v) is 3.53. The summed E-state index contributed by atoms with van der Waals surface area (Å²) in [6, 6.07) is 5.85. The van der Waals surface area contributed by atoms with E-state index < -0.39 is 11.9 Å². The summed E-state index contributed by atoms with van der Waals surface area (Å²) in [5.74, 6) is -1.79. The summed E-state index contributed by atoms with van der Waals surface area (Å²) in [7, 11) is 0. The first-order valence-corrected chi connectivity index (χ1v) is 5.18. The van der Waals surface area contributed by atoms with E-state index in [4.69, 9.17) is 9.84 Å². The van der Waals surface area contributed by atoms with E-state index in [2.05, 4.69) is 0 Å². The summed E-state index contributed by atoms with van der Waals surface area (Å²) >= 11 is 0. The average molecular weight is 226 g/mol. The summed E-state index contributed by atoms with van der Waals surface area (Å²) in [5, 5.41) is 8.96. The number of carbonyl (C=O) groups is 1. The number of benzene rings is 1. The van der Waals surface area contributed by atoms with Crippen molar-refractivity contribution in [2.24, 2.45) is 5.92 Å². The van der Waals surface area contributed by atoms with Crippen LogP contribution >= 0.6 is 0 Å². The fourth-order valence-corrected chi connectivity index (χ4v) is 1.38. The maximum absolute atomic E-state index is 12.6. The standard InChI is InChI=1S/C12H15FO3/c1-2-16-8-10(12(14)15)7-9-3-5-11(13)6-4-9/h3-6,10H,2,7-8H2,1H3,(H,14,15). The fraction of sp³-hybridized carbons (Fsp3) is 0.417.